The van der Waals surface area contributed by atoms with Crippen molar-refractivity contribution in [3.8, 4) is 0 Å². The number of nitrogens with two attached hydrogens (primary N) is 1. The van der Waals surface area contributed by atoms with Gasteiger partial charge in [0, 0.05) is 16.8 Å². The SMILES string of the molecule is Cc1ccc2c(N)cc(CC(C)C)nc2c1Cl. The molecule has 2 aromatic rings. The van der Waals surface area contributed by atoms with E-state index in [9.17, 15) is 0 Å². The molecule has 90 valence electrons. The molecule has 0 fully saturated rings. The molecule has 2 nitrogen and oxygen atoms in total. The molecule has 0 aliphatic rings. The first kappa shape index (κ1) is 12.2. The van der Waals surface area contributed by atoms with Gasteiger partial charge >= 0.3 is 0 Å². The summed E-state index contributed by atoms with van der Waals surface area (Å²) in [5.41, 5.74) is 9.68. The van der Waals surface area contributed by atoms with Gasteiger partial charge in [-0.05, 0) is 30.9 Å². The third kappa shape index (κ3) is 2.37. The Labute approximate surface area is 107 Å². The molecule has 0 aliphatic heterocycles. The third-order valence-electron chi connectivity index (χ3n) is 2.82. The van der Waals surface area contributed by atoms with Crippen molar-refractivity contribution in [2.75, 3.05) is 5.73 Å². The van der Waals surface area contributed by atoms with Crippen molar-refractivity contribution in [3.05, 3.63) is 34.5 Å². The second-order valence-corrected chi connectivity index (χ2v) is 5.27. The van der Waals surface area contributed by atoms with E-state index >= 15 is 0 Å². The lowest BCUT2D eigenvalue weighted by molar-refractivity contribution is 0.637. The highest BCUT2D eigenvalue weighted by molar-refractivity contribution is 6.36. The molecule has 2 N–H and O–H groups in total. The quantitative estimate of drug-likeness (QED) is 0.873. The van der Waals surface area contributed by atoms with Crippen molar-refractivity contribution in [1.29, 1.82) is 0 Å². The molecule has 0 radical (unpaired) electrons. The molecule has 0 saturated carbocycles. The van der Waals surface area contributed by atoms with Crippen LogP contribution in [0.2, 0.25) is 5.02 Å². The van der Waals surface area contributed by atoms with Gasteiger partial charge in [-0.3, -0.25) is 4.98 Å². The van der Waals surface area contributed by atoms with Crippen molar-refractivity contribution in [2.24, 2.45) is 5.92 Å². The van der Waals surface area contributed by atoms with Crippen LogP contribution in [0.4, 0.5) is 5.69 Å². The van der Waals surface area contributed by atoms with Crippen LogP contribution in [0.25, 0.3) is 10.9 Å². The van der Waals surface area contributed by atoms with E-state index in [1.54, 1.807) is 0 Å². The summed E-state index contributed by atoms with van der Waals surface area (Å²) in [6, 6.07) is 5.91. The third-order valence-corrected chi connectivity index (χ3v) is 3.29. The molecule has 0 amide bonds. The molecule has 0 atom stereocenters. The van der Waals surface area contributed by atoms with Crippen molar-refractivity contribution in [1.82, 2.24) is 4.98 Å². The number of benzene rings is 1. The van der Waals surface area contributed by atoms with E-state index in [1.807, 2.05) is 25.1 Å². The summed E-state index contributed by atoms with van der Waals surface area (Å²) in [5, 5.41) is 1.65. The molecule has 3 heteroatoms. The number of nitrogens with zero attached hydrogens (tertiary/aromatic N) is 1. The molecule has 1 aromatic carbocycles. The standard InChI is InChI=1S/C14H17ClN2/c1-8(2)6-10-7-12(16)11-5-4-9(3)13(15)14(11)17-10/h4-5,7-8H,6H2,1-3H3,(H2,16,17). The minimum atomic E-state index is 0.558. The van der Waals surface area contributed by atoms with Crippen LogP contribution < -0.4 is 5.73 Å². The van der Waals surface area contributed by atoms with Gasteiger partial charge in [0.15, 0.2) is 0 Å². The van der Waals surface area contributed by atoms with Gasteiger partial charge in [0.2, 0.25) is 0 Å². The minimum absolute atomic E-state index is 0.558. The molecular formula is C14H17ClN2. The van der Waals surface area contributed by atoms with E-state index in [0.717, 1.165) is 34.3 Å². The van der Waals surface area contributed by atoms with Gasteiger partial charge in [-0.2, -0.15) is 0 Å². The first-order valence-electron chi connectivity index (χ1n) is 5.83. The number of nitrogen functional groups attached to an aromatic ring is 1. The van der Waals surface area contributed by atoms with Crippen LogP contribution in [-0.2, 0) is 6.42 Å². The van der Waals surface area contributed by atoms with Crippen LogP contribution >= 0.6 is 11.6 Å². The Morgan fingerprint density at radius 1 is 1.35 bits per heavy atom. The number of hydrogen-bond acceptors (Lipinski definition) is 2. The van der Waals surface area contributed by atoms with Gasteiger partial charge in [-0.25, -0.2) is 0 Å². The smallest absolute Gasteiger partial charge is 0.0914 e. The van der Waals surface area contributed by atoms with E-state index in [1.165, 1.54) is 0 Å². The van der Waals surface area contributed by atoms with Crippen LogP contribution in [0.1, 0.15) is 25.1 Å². The predicted molar refractivity (Wildman–Crippen MR) is 74.4 cm³/mol. The molecule has 0 unspecified atom stereocenters. The minimum Gasteiger partial charge on any atom is -0.398 e. The van der Waals surface area contributed by atoms with E-state index in [2.05, 4.69) is 18.8 Å². The van der Waals surface area contributed by atoms with Crippen molar-refractivity contribution >= 4 is 28.2 Å². The number of anilines is 1. The molecule has 17 heavy (non-hydrogen) atoms. The molecular weight excluding hydrogens is 232 g/mol. The highest BCUT2D eigenvalue weighted by atomic mass is 35.5. The normalized spacial score (nSPS) is 11.4. The van der Waals surface area contributed by atoms with Gasteiger partial charge in [-0.15, -0.1) is 0 Å². The molecule has 0 bridgehead atoms. The second kappa shape index (κ2) is 4.53. The van der Waals surface area contributed by atoms with E-state index in [4.69, 9.17) is 17.3 Å². The number of fused-ring (bicyclic) bond motifs is 1. The lowest BCUT2D eigenvalue weighted by atomic mass is 10.0. The van der Waals surface area contributed by atoms with Gasteiger partial charge in [0.25, 0.3) is 0 Å². The van der Waals surface area contributed by atoms with E-state index in [0.29, 0.717) is 10.9 Å². The lowest BCUT2D eigenvalue weighted by Gasteiger charge is -2.10. The lowest BCUT2D eigenvalue weighted by Crippen LogP contribution is -2.00. The molecule has 2 rings (SSSR count). The average molecular weight is 249 g/mol. The molecule has 0 spiro atoms. The zero-order chi connectivity index (χ0) is 12.6. The number of rotatable bonds is 2. The van der Waals surface area contributed by atoms with Gasteiger partial charge < -0.3 is 5.73 Å². The summed E-state index contributed by atoms with van der Waals surface area (Å²) in [6.07, 6.45) is 0.921. The Balaban J connectivity index is 2.66. The van der Waals surface area contributed by atoms with Crippen LogP contribution in [0.15, 0.2) is 18.2 Å². The fraction of sp³-hybridized carbons (Fsp3) is 0.357. The number of hydrogen-bond donors (Lipinski definition) is 1. The van der Waals surface area contributed by atoms with Gasteiger partial charge in [0.05, 0.1) is 10.5 Å². The predicted octanol–water partition coefficient (Wildman–Crippen LogP) is 3.98. The Morgan fingerprint density at radius 3 is 2.71 bits per heavy atom. The highest BCUT2D eigenvalue weighted by Crippen LogP contribution is 2.29. The first-order valence-corrected chi connectivity index (χ1v) is 6.21. The van der Waals surface area contributed by atoms with Crippen LogP contribution in [-0.4, -0.2) is 4.98 Å². The zero-order valence-corrected chi connectivity index (χ0v) is 11.2. The number of aryl methyl sites for hydroxylation is 1. The summed E-state index contributed by atoms with van der Waals surface area (Å²) >= 11 is 6.29. The van der Waals surface area contributed by atoms with Crippen LogP contribution in [0.5, 0.6) is 0 Å². The van der Waals surface area contributed by atoms with Crippen molar-refractivity contribution in [3.63, 3.8) is 0 Å². The Bertz CT molecular complexity index is 562. The maximum atomic E-state index is 6.29. The topological polar surface area (TPSA) is 38.9 Å². The monoisotopic (exact) mass is 248 g/mol. The van der Waals surface area contributed by atoms with Gasteiger partial charge in [0.1, 0.15) is 0 Å². The van der Waals surface area contributed by atoms with E-state index in [-0.39, 0.29) is 0 Å². The summed E-state index contributed by atoms with van der Waals surface area (Å²) in [7, 11) is 0. The first-order chi connectivity index (χ1) is 7.99. The maximum absolute atomic E-state index is 6.29. The Kier molecular flexibility index (Phi) is 3.25. The summed E-state index contributed by atoms with van der Waals surface area (Å²) in [6.45, 7) is 6.31. The number of aromatic nitrogens is 1. The van der Waals surface area contributed by atoms with E-state index < -0.39 is 0 Å². The molecule has 1 aromatic heterocycles. The highest BCUT2D eigenvalue weighted by Gasteiger charge is 2.09. The molecule has 1 heterocycles. The summed E-state index contributed by atoms with van der Waals surface area (Å²) in [4.78, 5) is 4.62. The zero-order valence-electron chi connectivity index (χ0n) is 10.4. The maximum Gasteiger partial charge on any atom is 0.0914 e. The fourth-order valence-corrected chi connectivity index (χ4v) is 2.17. The van der Waals surface area contributed by atoms with Crippen molar-refractivity contribution < 1.29 is 0 Å². The van der Waals surface area contributed by atoms with Crippen LogP contribution in [0, 0.1) is 12.8 Å². The molecule has 0 aliphatic carbocycles. The van der Waals surface area contributed by atoms with Crippen molar-refractivity contribution in [2.45, 2.75) is 27.2 Å². The summed E-state index contributed by atoms with van der Waals surface area (Å²) in [5.74, 6) is 0.558. The number of pyridine rings is 1. The number of halogens is 1. The van der Waals surface area contributed by atoms with Crippen LogP contribution in [0.3, 0.4) is 0 Å². The fourth-order valence-electron chi connectivity index (χ4n) is 1.96. The second-order valence-electron chi connectivity index (χ2n) is 4.89. The largest absolute Gasteiger partial charge is 0.398 e. The van der Waals surface area contributed by atoms with Gasteiger partial charge in [-0.1, -0.05) is 37.6 Å². The summed E-state index contributed by atoms with van der Waals surface area (Å²) < 4.78 is 0. The molecule has 0 saturated heterocycles. The Hall–Kier alpha value is -1.28. The Morgan fingerprint density at radius 2 is 2.06 bits per heavy atom. The average Bonchev–Trinajstić information content (AvgIpc) is 2.23.